The van der Waals surface area contributed by atoms with Gasteiger partial charge in [0.25, 0.3) is 0 Å². The van der Waals surface area contributed by atoms with E-state index >= 15 is 0 Å². The summed E-state index contributed by atoms with van der Waals surface area (Å²) in [6.07, 6.45) is 2.77. The highest BCUT2D eigenvalue weighted by molar-refractivity contribution is 7.99. The molecule has 0 bridgehead atoms. The molecule has 16 heavy (non-hydrogen) atoms. The molecule has 0 aliphatic rings. The molecule has 1 aromatic heterocycles. The Bertz CT molecular complexity index is 366. The van der Waals surface area contributed by atoms with E-state index in [0.29, 0.717) is 11.6 Å². The molecule has 0 unspecified atom stereocenters. The fourth-order valence-electron chi connectivity index (χ4n) is 1.15. The van der Waals surface area contributed by atoms with Crippen LogP contribution in [0.3, 0.4) is 0 Å². The van der Waals surface area contributed by atoms with Crippen molar-refractivity contribution in [3.05, 3.63) is 24.0 Å². The van der Waals surface area contributed by atoms with Gasteiger partial charge in [-0.2, -0.15) is 0 Å². The standard InChI is InChI=1S/C11H17N3OS/c1-8(2)5-7-16-9-4-3-6-13-10(9)11(12)14-15/h3-4,6,8,15H,5,7H2,1-2H3,(H2,12,14). The van der Waals surface area contributed by atoms with Crippen LogP contribution in [0.2, 0.25) is 0 Å². The summed E-state index contributed by atoms with van der Waals surface area (Å²) in [7, 11) is 0. The average molecular weight is 239 g/mol. The van der Waals surface area contributed by atoms with Crippen molar-refractivity contribution in [3.63, 3.8) is 0 Å². The van der Waals surface area contributed by atoms with Crippen LogP contribution in [0.15, 0.2) is 28.4 Å². The summed E-state index contributed by atoms with van der Waals surface area (Å²) in [4.78, 5) is 5.07. The highest BCUT2D eigenvalue weighted by Gasteiger charge is 2.08. The molecule has 0 saturated heterocycles. The van der Waals surface area contributed by atoms with Crippen LogP contribution in [0, 0.1) is 5.92 Å². The third-order valence-corrected chi connectivity index (χ3v) is 3.15. The van der Waals surface area contributed by atoms with E-state index in [0.717, 1.165) is 17.1 Å². The molecule has 0 radical (unpaired) electrons. The van der Waals surface area contributed by atoms with E-state index in [1.165, 1.54) is 0 Å². The molecule has 0 spiro atoms. The molecule has 0 saturated carbocycles. The van der Waals surface area contributed by atoms with E-state index in [4.69, 9.17) is 10.9 Å². The molecule has 1 heterocycles. The molecular weight excluding hydrogens is 222 g/mol. The van der Waals surface area contributed by atoms with Gasteiger partial charge in [0.05, 0.1) is 0 Å². The summed E-state index contributed by atoms with van der Waals surface area (Å²) in [5.41, 5.74) is 6.11. The topological polar surface area (TPSA) is 71.5 Å². The SMILES string of the molecule is CC(C)CCSc1cccnc1/C(N)=N/O. The lowest BCUT2D eigenvalue weighted by atomic mass is 10.2. The molecule has 0 fully saturated rings. The molecule has 5 heteroatoms. The number of nitrogens with zero attached hydrogens (tertiary/aromatic N) is 2. The van der Waals surface area contributed by atoms with E-state index in [1.54, 1.807) is 18.0 Å². The predicted octanol–water partition coefficient (Wildman–Crippen LogP) is 2.31. The van der Waals surface area contributed by atoms with Gasteiger partial charge in [0, 0.05) is 11.1 Å². The van der Waals surface area contributed by atoms with Crippen molar-refractivity contribution >= 4 is 17.6 Å². The summed E-state index contributed by atoms with van der Waals surface area (Å²) < 4.78 is 0. The van der Waals surface area contributed by atoms with Crippen LogP contribution in [0.5, 0.6) is 0 Å². The van der Waals surface area contributed by atoms with Gasteiger partial charge in [-0.25, -0.2) is 0 Å². The van der Waals surface area contributed by atoms with Crippen molar-refractivity contribution in [1.29, 1.82) is 0 Å². The quantitative estimate of drug-likeness (QED) is 0.272. The Morgan fingerprint density at radius 3 is 3.00 bits per heavy atom. The molecule has 0 amide bonds. The molecule has 3 N–H and O–H groups in total. The first-order valence-electron chi connectivity index (χ1n) is 5.21. The van der Waals surface area contributed by atoms with Gasteiger partial charge in [-0.3, -0.25) is 4.98 Å². The highest BCUT2D eigenvalue weighted by atomic mass is 32.2. The Morgan fingerprint density at radius 2 is 2.38 bits per heavy atom. The van der Waals surface area contributed by atoms with Gasteiger partial charge < -0.3 is 10.9 Å². The van der Waals surface area contributed by atoms with Gasteiger partial charge in [0.2, 0.25) is 0 Å². The van der Waals surface area contributed by atoms with Crippen LogP contribution < -0.4 is 5.73 Å². The zero-order chi connectivity index (χ0) is 12.0. The molecular formula is C11H17N3OS. The minimum Gasteiger partial charge on any atom is -0.409 e. The van der Waals surface area contributed by atoms with E-state index in [2.05, 4.69) is 24.0 Å². The second-order valence-corrected chi connectivity index (χ2v) is 5.00. The molecule has 88 valence electrons. The Balaban J connectivity index is 2.72. The van der Waals surface area contributed by atoms with E-state index < -0.39 is 0 Å². The van der Waals surface area contributed by atoms with E-state index in [9.17, 15) is 0 Å². The van der Waals surface area contributed by atoms with E-state index in [1.807, 2.05) is 12.1 Å². The monoisotopic (exact) mass is 239 g/mol. The summed E-state index contributed by atoms with van der Waals surface area (Å²) in [5, 5.41) is 11.6. The Labute approximate surface area is 99.9 Å². The lowest BCUT2D eigenvalue weighted by molar-refractivity contribution is 0.318. The number of rotatable bonds is 5. The van der Waals surface area contributed by atoms with Crippen molar-refractivity contribution in [3.8, 4) is 0 Å². The third-order valence-electron chi connectivity index (χ3n) is 2.07. The number of nitrogens with two attached hydrogens (primary N) is 1. The van der Waals surface area contributed by atoms with Crippen LogP contribution in [0.25, 0.3) is 0 Å². The van der Waals surface area contributed by atoms with Crippen LogP contribution in [-0.2, 0) is 0 Å². The summed E-state index contributed by atoms with van der Waals surface area (Å²) in [6.45, 7) is 4.38. The number of hydrogen-bond donors (Lipinski definition) is 2. The number of oxime groups is 1. The van der Waals surface area contributed by atoms with E-state index in [-0.39, 0.29) is 5.84 Å². The number of thioether (sulfide) groups is 1. The minimum absolute atomic E-state index is 0.0626. The number of hydrogen-bond acceptors (Lipinski definition) is 4. The van der Waals surface area contributed by atoms with Crippen molar-refractivity contribution < 1.29 is 5.21 Å². The molecule has 0 aliphatic carbocycles. The predicted molar refractivity (Wildman–Crippen MR) is 66.9 cm³/mol. The van der Waals surface area contributed by atoms with Gasteiger partial charge in [0.1, 0.15) is 5.69 Å². The van der Waals surface area contributed by atoms with Gasteiger partial charge in [-0.05, 0) is 30.2 Å². The van der Waals surface area contributed by atoms with Crippen LogP contribution in [-0.4, -0.2) is 21.8 Å². The first kappa shape index (κ1) is 12.8. The average Bonchev–Trinajstić information content (AvgIpc) is 2.28. The first-order valence-corrected chi connectivity index (χ1v) is 6.19. The van der Waals surface area contributed by atoms with Crippen LogP contribution in [0.4, 0.5) is 0 Å². The van der Waals surface area contributed by atoms with Crippen LogP contribution in [0.1, 0.15) is 26.0 Å². The summed E-state index contributed by atoms with van der Waals surface area (Å²) in [5.74, 6) is 1.75. The number of pyridine rings is 1. The summed E-state index contributed by atoms with van der Waals surface area (Å²) >= 11 is 1.68. The zero-order valence-corrected chi connectivity index (χ0v) is 10.4. The van der Waals surface area contributed by atoms with Gasteiger partial charge in [-0.15, -0.1) is 11.8 Å². The fourth-order valence-corrected chi connectivity index (χ4v) is 2.43. The molecule has 4 nitrogen and oxygen atoms in total. The van der Waals surface area contributed by atoms with Crippen molar-refractivity contribution in [1.82, 2.24) is 4.98 Å². The molecule has 1 aromatic rings. The largest absolute Gasteiger partial charge is 0.409 e. The van der Waals surface area contributed by atoms with Crippen molar-refractivity contribution in [2.45, 2.75) is 25.2 Å². The van der Waals surface area contributed by atoms with Gasteiger partial charge in [-0.1, -0.05) is 19.0 Å². The number of aromatic nitrogens is 1. The zero-order valence-electron chi connectivity index (χ0n) is 9.55. The second-order valence-electron chi connectivity index (χ2n) is 3.87. The maximum Gasteiger partial charge on any atom is 0.189 e. The highest BCUT2D eigenvalue weighted by Crippen LogP contribution is 2.22. The fraction of sp³-hybridized carbons (Fsp3) is 0.455. The smallest absolute Gasteiger partial charge is 0.189 e. The van der Waals surface area contributed by atoms with Crippen molar-refractivity contribution in [2.24, 2.45) is 16.8 Å². The Hall–Kier alpha value is -1.23. The maximum atomic E-state index is 8.64. The van der Waals surface area contributed by atoms with Crippen molar-refractivity contribution in [2.75, 3.05) is 5.75 Å². The Kier molecular flexibility index (Phi) is 5.11. The van der Waals surface area contributed by atoms with Gasteiger partial charge >= 0.3 is 0 Å². The van der Waals surface area contributed by atoms with Gasteiger partial charge in [0.15, 0.2) is 5.84 Å². The lowest BCUT2D eigenvalue weighted by Gasteiger charge is -2.07. The first-order chi connectivity index (χ1) is 7.65. The molecule has 0 atom stereocenters. The Morgan fingerprint density at radius 1 is 1.62 bits per heavy atom. The second kappa shape index (κ2) is 6.37. The minimum atomic E-state index is 0.0626. The number of amidine groups is 1. The normalized spacial score (nSPS) is 12.1. The third kappa shape index (κ3) is 3.73. The van der Waals surface area contributed by atoms with Crippen LogP contribution >= 0.6 is 11.8 Å². The molecule has 0 aromatic carbocycles. The summed E-state index contributed by atoms with van der Waals surface area (Å²) in [6, 6.07) is 3.79. The molecule has 0 aliphatic heterocycles. The molecule has 1 rings (SSSR count). The lowest BCUT2D eigenvalue weighted by Crippen LogP contribution is -2.16. The maximum absolute atomic E-state index is 8.64.